The first-order valence-corrected chi connectivity index (χ1v) is 12.3. The molecular formula is C28H30Cl2N2O3. The summed E-state index contributed by atoms with van der Waals surface area (Å²) in [7, 11) is 0. The minimum absolute atomic E-state index is 0.164. The smallest absolute Gasteiger partial charge is 0.261 e. The molecule has 5 nitrogen and oxygen atoms in total. The Labute approximate surface area is 217 Å². The summed E-state index contributed by atoms with van der Waals surface area (Å²) in [5, 5.41) is 3.93. The van der Waals surface area contributed by atoms with Gasteiger partial charge in [0.1, 0.15) is 11.8 Å². The molecule has 1 unspecified atom stereocenters. The van der Waals surface area contributed by atoms with Crippen LogP contribution in [0.3, 0.4) is 0 Å². The second kappa shape index (κ2) is 13.2. The molecule has 3 aromatic carbocycles. The quantitative estimate of drug-likeness (QED) is 0.354. The van der Waals surface area contributed by atoms with Gasteiger partial charge in [0.05, 0.1) is 5.02 Å². The van der Waals surface area contributed by atoms with E-state index in [4.69, 9.17) is 27.9 Å². The van der Waals surface area contributed by atoms with Crippen LogP contribution < -0.4 is 10.1 Å². The molecule has 3 aromatic rings. The van der Waals surface area contributed by atoms with Crippen molar-refractivity contribution in [1.82, 2.24) is 10.2 Å². The van der Waals surface area contributed by atoms with E-state index in [9.17, 15) is 9.59 Å². The summed E-state index contributed by atoms with van der Waals surface area (Å²) in [6, 6.07) is 23.2. The number of nitrogens with one attached hydrogen (secondary N) is 1. The number of hydrogen-bond donors (Lipinski definition) is 1. The van der Waals surface area contributed by atoms with Gasteiger partial charge < -0.3 is 15.0 Å². The summed E-state index contributed by atoms with van der Waals surface area (Å²) in [4.78, 5) is 28.5. The lowest BCUT2D eigenvalue weighted by atomic mass is 10.0. The fourth-order valence-corrected chi connectivity index (χ4v) is 3.96. The van der Waals surface area contributed by atoms with E-state index in [1.807, 2.05) is 62.4 Å². The Kier molecular flexibility index (Phi) is 10.0. The number of carbonyl (C=O) groups is 2. The van der Waals surface area contributed by atoms with Gasteiger partial charge in [-0.15, -0.1) is 0 Å². The minimum Gasteiger partial charge on any atom is -0.482 e. The number of carbonyl (C=O) groups excluding carboxylic acids is 2. The number of amides is 2. The second-order valence-electron chi connectivity index (χ2n) is 8.68. The van der Waals surface area contributed by atoms with Crippen LogP contribution in [0.1, 0.15) is 25.0 Å². The molecule has 7 heteroatoms. The molecule has 0 saturated heterocycles. The van der Waals surface area contributed by atoms with Gasteiger partial charge >= 0.3 is 0 Å². The molecule has 0 aliphatic heterocycles. The largest absolute Gasteiger partial charge is 0.482 e. The van der Waals surface area contributed by atoms with Crippen LogP contribution in [0.2, 0.25) is 10.0 Å². The molecule has 2 amide bonds. The molecule has 0 aromatic heterocycles. The predicted molar refractivity (Wildman–Crippen MR) is 141 cm³/mol. The molecule has 3 rings (SSSR count). The van der Waals surface area contributed by atoms with Gasteiger partial charge in [0.15, 0.2) is 6.61 Å². The summed E-state index contributed by atoms with van der Waals surface area (Å²) >= 11 is 12.6. The van der Waals surface area contributed by atoms with E-state index < -0.39 is 6.04 Å². The van der Waals surface area contributed by atoms with Crippen LogP contribution in [-0.4, -0.2) is 35.9 Å². The SMILES string of the molecule is CC(C)CNC(=O)C(Cc1ccccc1)N(Cc1ccccc1Cl)C(=O)COc1ccccc1Cl. The van der Waals surface area contributed by atoms with Crippen molar-refractivity contribution in [3.8, 4) is 5.75 Å². The molecule has 0 bridgehead atoms. The first kappa shape index (κ1) is 26.6. The molecule has 0 spiro atoms. The van der Waals surface area contributed by atoms with Crippen LogP contribution >= 0.6 is 23.2 Å². The summed E-state index contributed by atoms with van der Waals surface area (Å²) < 4.78 is 5.74. The van der Waals surface area contributed by atoms with Gasteiger partial charge in [-0.25, -0.2) is 0 Å². The molecule has 0 fully saturated rings. The highest BCUT2D eigenvalue weighted by molar-refractivity contribution is 6.32. The lowest BCUT2D eigenvalue weighted by Crippen LogP contribution is -2.52. The number of para-hydroxylation sites is 1. The van der Waals surface area contributed by atoms with Crippen LogP contribution in [-0.2, 0) is 22.6 Å². The van der Waals surface area contributed by atoms with E-state index in [0.717, 1.165) is 11.1 Å². The van der Waals surface area contributed by atoms with Gasteiger partial charge in [-0.2, -0.15) is 0 Å². The zero-order valence-corrected chi connectivity index (χ0v) is 21.4. The van der Waals surface area contributed by atoms with Crippen LogP contribution in [0.5, 0.6) is 5.75 Å². The maximum absolute atomic E-state index is 13.6. The Balaban J connectivity index is 1.92. The molecular weight excluding hydrogens is 483 g/mol. The first-order chi connectivity index (χ1) is 16.8. The fraction of sp³-hybridized carbons (Fsp3) is 0.286. The zero-order chi connectivity index (χ0) is 25.2. The summed E-state index contributed by atoms with van der Waals surface area (Å²) in [6.45, 7) is 4.45. The Bertz CT molecular complexity index is 1120. The molecule has 0 aliphatic rings. The van der Waals surface area contributed by atoms with Crippen molar-refractivity contribution in [3.63, 3.8) is 0 Å². The topological polar surface area (TPSA) is 58.6 Å². The Morgan fingerprint density at radius 1 is 0.886 bits per heavy atom. The normalized spacial score (nSPS) is 11.7. The average Bonchev–Trinajstić information content (AvgIpc) is 2.85. The van der Waals surface area contributed by atoms with Crippen molar-refractivity contribution in [3.05, 3.63) is 100 Å². The van der Waals surface area contributed by atoms with Crippen molar-refractivity contribution in [2.24, 2.45) is 5.92 Å². The second-order valence-corrected chi connectivity index (χ2v) is 9.49. The highest BCUT2D eigenvalue weighted by Gasteiger charge is 2.31. The molecule has 0 aliphatic carbocycles. The van der Waals surface area contributed by atoms with E-state index >= 15 is 0 Å². The van der Waals surface area contributed by atoms with Crippen molar-refractivity contribution < 1.29 is 14.3 Å². The van der Waals surface area contributed by atoms with Crippen molar-refractivity contribution >= 4 is 35.0 Å². The Morgan fingerprint density at radius 3 is 2.17 bits per heavy atom. The molecule has 1 N–H and O–H groups in total. The van der Waals surface area contributed by atoms with E-state index in [-0.39, 0.29) is 30.9 Å². The van der Waals surface area contributed by atoms with Gasteiger partial charge in [0.25, 0.3) is 5.91 Å². The van der Waals surface area contributed by atoms with E-state index in [1.165, 1.54) is 0 Å². The zero-order valence-electron chi connectivity index (χ0n) is 19.9. The Hall–Kier alpha value is -3.02. The molecule has 0 saturated carbocycles. The minimum atomic E-state index is -0.755. The molecule has 184 valence electrons. The van der Waals surface area contributed by atoms with Crippen LogP contribution in [0, 0.1) is 5.92 Å². The van der Waals surface area contributed by atoms with Crippen molar-refractivity contribution in [2.75, 3.05) is 13.2 Å². The molecule has 0 heterocycles. The van der Waals surface area contributed by atoms with E-state index in [1.54, 1.807) is 35.2 Å². The number of ether oxygens (including phenoxy) is 1. The summed E-state index contributed by atoms with van der Waals surface area (Å²) in [5.41, 5.74) is 1.69. The van der Waals surface area contributed by atoms with Gasteiger partial charge in [0.2, 0.25) is 5.91 Å². The van der Waals surface area contributed by atoms with E-state index in [0.29, 0.717) is 28.8 Å². The number of hydrogen-bond acceptors (Lipinski definition) is 3. The van der Waals surface area contributed by atoms with Crippen LogP contribution in [0.4, 0.5) is 0 Å². The molecule has 1 atom stereocenters. The number of benzene rings is 3. The number of rotatable bonds is 11. The summed E-state index contributed by atoms with van der Waals surface area (Å²) in [5.74, 6) is 0.114. The first-order valence-electron chi connectivity index (χ1n) is 11.6. The molecule has 0 radical (unpaired) electrons. The van der Waals surface area contributed by atoms with Crippen molar-refractivity contribution in [2.45, 2.75) is 32.9 Å². The van der Waals surface area contributed by atoms with Crippen LogP contribution in [0.15, 0.2) is 78.9 Å². The number of nitrogens with zero attached hydrogens (tertiary/aromatic N) is 1. The summed E-state index contributed by atoms with van der Waals surface area (Å²) in [6.07, 6.45) is 0.354. The van der Waals surface area contributed by atoms with Crippen molar-refractivity contribution in [1.29, 1.82) is 0 Å². The van der Waals surface area contributed by atoms with Gasteiger partial charge in [0, 0.05) is 24.5 Å². The third-order valence-electron chi connectivity index (χ3n) is 5.44. The third kappa shape index (κ3) is 8.01. The highest BCUT2D eigenvalue weighted by Crippen LogP contribution is 2.24. The maximum Gasteiger partial charge on any atom is 0.261 e. The van der Waals surface area contributed by atoms with E-state index in [2.05, 4.69) is 5.32 Å². The maximum atomic E-state index is 13.6. The monoisotopic (exact) mass is 512 g/mol. The highest BCUT2D eigenvalue weighted by atomic mass is 35.5. The van der Waals surface area contributed by atoms with Gasteiger partial charge in [-0.1, -0.05) is 97.7 Å². The Morgan fingerprint density at radius 2 is 1.51 bits per heavy atom. The lowest BCUT2D eigenvalue weighted by Gasteiger charge is -2.32. The van der Waals surface area contributed by atoms with Gasteiger partial charge in [-0.05, 0) is 35.2 Å². The predicted octanol–water partition coefficient (Wildman–Crippen LogP) is 5.78. The fourth-order valence-electron chi connectivity index (χ4n) is 3.57. The lowest BCUT2D eigenvalue weighted by molar-refractivity contribution is -0.142. The average molecular weight is 513 g/mol. The standard InChI is InChI=1S/C28H30Cl2N2O3/c1-20(2)17-31-28(34)25(16-21-10-4-3-5-11-21)32(18-22-12-6-7-13-23(22)29)27(33)19-35-26-15-9-8-14-24(26)30/h3-15,20,25H,16-19H2,1-2H3,(H,31,34). The number of halogens is 2. The van der Waals surface area contributed by atoms with Gasteiger partial charge in [-0.3, -0.25) is 9.59 Å². The third-order valence-corrected chi connectivity index (χ3v) is 6.12. The molecule has 35 heavy (non-hydrogen) atoms. The van der Waals surface area contributed by atoms with Crippen LogP contribution in [0.25, 0.3) is 0 Å².